The highest BCUT2D eigenvalue weighted by molar-refractivity contribution is 6.43. The van der Waals surface area contributed by atoms with Crippen LogP contribution in [0.2, 0.25) is 0 Å². The van der Waals surface area contributed by atoms with E-state index in [1.54, 1.807) is 42.5 Å². The maximum atomic E-state index is 13.4. The van der Waals surface area contributed by atoms with Crippen LogP contribution < -0.4 is 10.2 Å². The van der Waals surface area contributed by atoms with Gasteiger partial charge < -0.3 is 5.32 Å². The van der Waals surface area contributed by atoms with Gasteiger partial charge in [-0.15, -0.1) is 0 Å². The third kappa shape index (κ3) is 3.65. The zero-order chi connectivity index (χ0) is 21.3. The Morgan fingerprint density at radius 2 is 1.57 bits per heavy atom. The number of rotatable bonds is 3. The number of imide groups is 1. The van der Waals surface area contributed by atoms with E-state index in [0.29, 0.717) is 28.1 Å². The number of fused-ring (bicyclic) bond motifs is 1. The number of nitrogens with one attached hydrogen (secondary N) is 1. The molecule has 5 nitrogen and oxygen atoms in total. The SMILES string of the molecule is CC(=O)Nc1ccc(/C=C2\C(=O)N(c3cccc(C)c3)C(=O)c3ccccc32)cc1. The quantitative estimate of drug-likeness (QED) is 0.516. The number of carbonyl (C=O) groups is 3. The van der Waals surface area contributed by atoms with Gasteiger partial charge in [-0.3, -0.25) is 14.4 Å². The molecule has 1 aliphatic heterocycles. The average Bonchev–Trinajstić information content (AvgIpc) is 2.72. The van der Waals surface area contributed by atoms with Gasteiger partial charge in [0.25, 0.3) is 11.8 Å². The van der Waals surface area contributed by atoms with Crippen molar-refractivity contribution < 1.29 is 14.4 Å². The first-order valence-corrected chi connectivity index (χ1v) is 9.58. The number of benzene rings is 3. The summed E-state index contributed by atoms with van der Waals surface area (Å²) in [4.78, 5) is 39.0. The van der Waals surface area contributed by atoms with Crippen LogP contribution in [0.3, 0.4) is 0 Å². The Morgan fingerprint density at radius 1 is 0.867 bits per heavy atom. The molecule has 0 radical (unpaired) electrons. The van der Waals surface area contributed by atoms with Crippen molar-refractivity contribution in [3.63, 3.8) is 0 Å². The Kier molecular flexibility index (Phi) is 5.02. The van der Waals surface area contributed by atoms with Gasteiger partial charge in [-0.25, -0.2) is 4.90 Å². The second-order valence-corrected chi connectivity index (χ2v) is 7.19. The summed E-state index contributed by atoms with van der Waals surface area (Å²) in [6, 6.07) is 21.7. The summed E-state index contributed by atoms with van der Waals surface area (Å²) < 4.78 is 0. The predicted molar refractivity (Wildman–Crippen MR) is 118 cm³/mol. The van der Waals surface area contributed by atoms with Gasteiger partial charge in [-0.1, -0.05) is 42.5 Å². The summed E-state index contributed by atoms with van der Waals surface area (Å²) >= 11 is 0. The van der Waals surface area contributed by atoms with Gasteiger partial charge in [-0.05, 0) is 60.0 Å². The first-order valence-electron chi connectivity index (χ1n) is 9.58. The fourth-order valence-corrected chi connectivity index (χ4v) is 3.53. The first kappa shape index (κ1) is 19.3. The summed E-state index contributed by atoms with van der Waals surface area (Å²) in [5, 5.41) is 2.72. The van der Waals surface area contributed by atoms with Crippen molar-refractivity contribution in [1.29, 1.82) is 0 Å². The van der Waals surface area contributed by atoms with Gasteiger partial charge in [-0.2, -0.15) is 0 Å². The topological polar surface area (TPSA) is 66.5 Å². The van der Waals surface area contributed by atoms with Crippen LogP contribution in [0.5, 0.6) is 0 Å². The summed E-state index contributed by atoms with van der Waals surface area (Å²) in [6.45, 7) is 3.37. The molecule has 3 amide bonds. The lowest BCUT2D eigenvalue weighted by Gasteiger charge is -2.29. The minimum atomic E-state index is -0.366. The minimum Gasteiger partial charge on any atom is -0.326 e. The molecule has 0 saturated carbocycles. The van der Waals surface area contributed by atoms with Crippen molar-refractivity contribution in [2.24, 2.45) is 0 Å². The largest absolute Gasteiger partial charge is 0.326 e. The lowest BCUT2D eigenvalue weighted by Crippen LogP contribution is -2.41. The van der Waals surface area contributed by atoms with Crippen molar-refractivity contribution in [2.75, 3.05) is 10.2 Å². The van der Waals surface area contributed by atoms with E-state index in [2.05, 4.69) is 5.32 Å². The molecule has 3 aromatic rings. The molecule has 0 fully saturated rings. The van der Waals surface area contributed by atoms with E-state index in [-0.39, 0.29) is 17.7 Å². The van der Waals surface area contributed by atoms with Crippen molar-refractivity contribution in [3.05, 3.63) is 95.1 Å². The molecule has 30 heavy (non-hydrogen) atoms. The molecule has 1 heterocycles. The second kappa shape index (κ2) is 7.79. The summed E-state index contributed by atoms with van der Waals surface area (Å²) in [6.07, 6.45) is 1.77. The Bertz CT molecular complexity index is 1190. The van der Waals surface area contributed by atoms with Crippen LogP contribution >= 0.6 is 0 Å². The molecule has 1 N–H and O–H groups in total. The number of carbonyl (C=O) groups excluding carboxylic acids is 3. The van der Waals surface area contributed by atoms with Gasteiger partial charge in [0.1, 0.15) is 0 Å². The van der Waals surface area contributed by atoms with E-state index >= 15 is 0 Å². The number of nitrogens with zero attached hydrogens (tertiary/aromatic N) is 1. The molecule has 4 rings (SSSR count). The van der Waals surface area contributed by atoms with E-state index in [1.165, 1.54) is 11.8 Å². The van der Waals surface area contributed by atoms with Crippen LogP contribution in [-0.2, 0) is 9.59 Å². The standard InChI is InChI=1S/C25H20N2O3/c1-16-6-5-7-20(14-16)27-24(29)22-9-4-3-8-21(22)23(25(27)30)15-18-10-12-19(13-11-18)26-17(2)28/h3-15H,1-2H3,(H,26,28)/b23-15-. The molecular weight excluding hydrogens is 376 g/mol. The van der Waals surface area contributed by atoms with Gasteiger partial charge in [0.15, 0.2) is 0 Å². The molecule has 148 valence electrons. The minimum absolute atomic E-state index is 0.148. The highest BCUT2D eigenvalue weighted by Crippen LogP contribution is 2.33. The molecule has 0 aliphatic carbocycles. The molecule has 0 unspecified atom stereocenters. The lowest BCUT2D eigenvalue weighted by molar-refractivity contribution is -0.114. The number of anilines is 2. The predicted octanol–water partition coefficient (Wildman–Crippen LogP) is 4.68. The Morgan fingerprint density at radius 3 is 2.23 bits per heavy atom. The smallest absolute Gasteiger partial charge is 0.265 e. The summed E-state index contributed by atoms with van der Waals surface area (Å²) in [5.41, 5.74) is 4.52. The number of hydrogen-bond acceptors (Lipinski definition) is 3. The van der Waals surface area contributed by atoms with E-state index in [9.17, 15) is 14.4 Å². The maximum absolute atomic E-state index is 13.4. The molecule has 5 heteroatoms. The molecule has 0 spiro atoms. The molecule has 3 aromatic carbocycles. The van der Waals surface area contributed by atoms with E-state index in [4.69, 9.17) is 0 Å². The van der Waals surface area contributed by atoms with E-state index in [1.807, 2.05) is 43.3 Å². The number of aryl methyl sites for hydroxylation is 1. The van der Waals surface area contributed by atoms with E-state index < -0.39 is 0 Å². The average molecular weight is 396 g/mol. The maximum Gasteiger partial charge on any atom is 0.265 e. The van der Waals surface area contributed by atoms with Crippen LogP contribution in [0.4, 0.5) is 11.4 Å². The van der Waals surface area contributed by atoms with Gasteiger partial charge in [0.2, 0.25) is 5.91 Å². The second-order valence-electron chi connectivity index (χ2n) is 7.19. The van der Waals surface area contributed by atoms with Crippen LogP contribution in [0.15, 0.2) is 72.8 Å². The van der Waals surface area contributed by atoms with Crippen LogP contribution in [0.25, 0.3) is 11.6 Å². The normalized spacial score (nSPS) is 14.6. The molecule has 0 saturated heterocycles. The van der Waals surface area contributed by atoms with Crippen molar-refractivity contribution in [1.82, 2.24) is 0 Å². The molecule has 0 aromatic heterocycles. The van der Waals surface area contributed by atoms with Gasteiger partial charge in [0, 0.05) is 23.7 Å². The first-order chi connectivity index (χ1) is 14.4. The monoisotopic (exact) mass is 396 g/mol. The molecule has 1 aliphatic rings. The van der Waals surface area contributed by atoms with Crippen molar-refractivity contribution >= 4 is 40.7 Å². The molecular formula is C25H20N2O3. The van der Waals surface area contributed by atoms with E-state index in [0.717, 1.165) is 11.1 Å². The Hall–Kier alpha value is -3.99. The molecule has 0 bridgehead atoms. The van der Waals surface area contributed by atoms with Crippen LogP contribution in [0, 0.1) is 6.92 Å². The Labute approximate surface area is 174 Å². The fraction of sp³-hybridized carbons (Fsp3) is 0.0800. The van der Waals surface area contributed by atoms with Crippen LogP contribution in [0.1, 0.15) is 34.0 Å². The highest BCUT2D eigenvalue weighted by atomic mass is 16.2. The number of hydrogen-bond donors (Lipinski definition) is 1. The van der Waals surface area contributed by atoms with Gasteiger partial charge >= 0.3 is 0 Å². The van der Waals surface area contributed by atoms with Gasteiger partial charge in [0.05, 0.1) is 5.69 Å². The zero-order valence-electron chi connectivity index (χ0n) is 16.7. The zero-order valence-corrected chi connectivity index (χ0v) is 16.7. The summed E-state index contributed by atoms with van der Waals surface area (Å²) in [5.74, 6) is -0.848. The highest BCUT2D eigenvalue weighted by Gasteiger charge is 2.35. The fourth-order valence-electron chi connectivity index (χ4n) is 3.53. The Balaban J connectivity index is 1.81. The number of amides is 3. The molecule has 0 atom stereocenters. The summed E-state index contributed by atoms with van der Waals surface area (Å²) in [7, 11) is 0. The van der Waals surface area contributed by atoms with Crippen LogP contribution in [-0.4, -0.2) is 17.7 Å². The van der Waals surface area contributed by atoms with Crippen molar-refractivity contribution in [3.8, 4) is 0 Å². The third-order valence-corrected chi connectivity index (χ3v) is 4.89. The van der Waals surface area contributed by atoms with Crippen molar-refractivity contribution in [2.45, 2.75) is 13.8 Å². The lowest BCUT2D eigenvalue weighted by atomic mass is 9.91. The third-order valence-electron chi connectivity index (χ3n) is 4.89.